The topological polar surface area (TPSA) is 90.2 Å². The lowest BCUT2D eigenvalue weighted by Gasteiger charge is -2.46. The summed E-state index contributed by atoms with van der Waals surface area (Å²) in [5.74, 6) is 0. The quantitative estimate of drug-likeness (QED) is 0.507. The second kappa shape index (κ2) is 5.98. The number of aliphatic hydroxyl groups excluding tert-OH is 4. The highest BCUT2D eigenvalue weighted by Gasteiger charge is 2.52. The van der Waals surface area contributed by atoms with Crippen molar-refractivity contribution in [2.75, 3.05) is 6.61 Å². The van der Waals surface area contributed by atoms with Crippen LogP contribution >= 0.6 is 35.8 Å². The van der Waals surface area contributed by atoms with Gasteiger partial charge in [0.05, 0.1) is 16.7 Å². The van der Waals surface area contributed by atoms with Gasteiger partial charge < -0.3 is 25.2 Å². The summed E-state index contributed by atoms with van der Waals surface area (Å²) in [6, 6.07) is 4.47. The van der Waals surface area contributed by atoms with Crippen molar-refractivity contribution in [1.29, 1.82) is 0 Å². The standard InChI is InChI=1S/C12H14Cl2O5S/c13-6-2-1-5(3-7(6)14)12(20)11(18)10(17)9(16)8(4-15)19-12/h1-3,8-11,15-18,20H,4H2/t8-,9+,10+,11-,12-/m1/s1. The first-order valence-electron chi connectivity index (χ1n) is 5.82. The molecule has 5 atom stereocenters. The lowest BCUT2D eigenvalue weighted by Crippen LogP contribution is -2.61. The van der Waals surface area contributed by atoms with Crippen molar-refractivity contribution in [3.05, 3.63) is 33.8 Å². The van der Waals surface area contributed by atoms with Gasteiger partial charge in [-0.1, -0.05) is 29.3 Å². The van der Waals surface area contributed by atoms with Gasteiger partial charge in [-0.25, -0.2) is 0 Å². The molecule has 1 aromatic rings. The van der Waals surface area contributed by atoms with Crippen molar-refractivity contribution in [3.63, 3.8) is 0 Å². The third-order valence-electron chi connectivity index (χ3n) is 3.30. The Bertz CT molecular complexity index is 501. The van der Waals surface area contributed by atoms with Gasteiger partial charge in [-0.2, -0.15) is 0 Å². The summed E-state index contributed by atoms with van der Waals surface area (Å²) in [5, 5.41) is 39.4. The Kier molecular flexibility index (Phi) is 4.88. The van der Waals surface area contributed by atoms with Crippen LogP contribution in [0.1, 0.15) is 5.56 Å². The normalized spacial score (nSPS) is 38.0. The van der Waals surface area contributed by atoms with Crippen molar-refractivity contribution in [2.45, 2.75) is 29.3 Å². The highest BCUT2D eigenvalue weighted by Crippen LogP contribution is 2.42. The Morgan fingerprint density at radius 1 is 1.15 bits per heavy atom. The van der Waals surface area contributed by atoms with E-state index in [-0.39, 0.29) is 5.02 Å². The molecule has 0 amide bonds. The lowest BCUT2D eigenvalue weighted by molar-refractivity contribution is -0.245. The number of thiol groups is 1. The van der Waals surface area contributed by atoms with Gasteiger partial charge in [0.25, 0.3) is 0 Å². The highest BCUT2D eigenvalue weighted by atomic mass is 35.5. The highest BCUT2D eigenvalue weighted by molar-refractivity contribution is 7.81. The van der Waals surface area contributed by atoms with Gasteiger partial charge in [0, 0.05) is 0 Å². The molecule has 1 aliphatic heterocycles. The van der Waals surface area contributed by atoms with E-state index >= 15 is 0 Å². The summed E-state index contributed by atoms with van der Waals surface area (Å²) in [7, 11) is 0. The minimum atomic E-state index is -1.62. The molecule has 0 saturated carbocycles. The van der Waals surface area contributed by atoms with Crippen LogP contribution in [0.25, 0.3) is 0 Å². The number of hydrogen-bond acceptors (Lipinski definition) is 6. The van der Waals surface area contributed by atoms with Gasteiger partial charge in [-0.3, -0.25) is 0 Å². The average Bonchev–Trinajstić information content (AvgIpc) is 2.43. The zero-order valence-corrected chi connectivity index (χ0v) is 12.6. The first-order valence-corrected chi connectivity index (χ1v) is 7.02. The van der Waals surface area contributed by atoms with Crippen molar-refractivity contribution in [3.8, 4) is 0 Å². The summed E-state index contributed by atoms with van der Waals surface area (Å²) in [5.41, 5.74) is 0.354. The first kappa shape index (κ1) is 16.3. The molecular formula is C12H14Cl2O5S. The van der Waals surface area contributed by atoms with E-state index in [1.807, 2.05) is 0 Å². The Hall–Kier alpha value is -0.0500. The number of halogens is 2. The number of hydrogen-bond donors (Lipinski definition) is 5. The summed E-state index contributed by atoms with van der Waals surface area (Å²) in [4.78, 5) is -1.62. The SMILES string of the molecule is OC[C@H]1O[C@@](S)(c2ccc(Cl)c(Cl)c2)[C@H](O)[C@@H](O)[C@H]1O. The molecule has 0 aromatic heterocycles. The minimum absolute atomic E-state index is 0.231. The molecule has 0 bridgehead atoms. The molecule has 20 heavy (non-hydrogen) atoms. The third-order valence-corrected chi connectivity index (χ3v) is 4.67. The van der Waals surface area contributed by atoms with Gasteiger partial charge in [0.1, 0.15) is 24.4 Å². The van der Waals surface area contributed by atoms with E-state index in [1.54, 1.807) is 0 Å². The summed E-state index contributed by atoms with van der Waals surface area (Å²) in [6.07, 6.45) is -5.54. The zero-order valence-electron chi connectivity index (χ0n) is 10.1. The van der Waals surface area contributed by atoms with Gasteiger partial charge in [-0.15, -0.1) is 12.6 Å². The third kappa shape index (κ3) is 2.67. The largest absolute Gasteiger partial charge is 0.394 e. The van der Waals surface area contributed by atoms with Crippen LogP contribution in [0.3, 0.4) is 0 Å². The molecule has 1 aromatic carbocycles. The second-order valence-corrected chi connectivity index (χ2v) is 6.07. The van der Waals surface area contributed by atoms with Gasteiger partial charge in [0.2, 0.25) is 0 Å². The van der Waals surface area contributed by atoms with E-state index in [2.05, 4.69) is 12.6 Å². The monoisotopic (exact) mass is 340 g/mol. The smallest absolute Gasteiger partial charge is 0.165 e. The average molecular weight is 341 g/mol. The molecular weight excluding hydrogens is 327 g/mol. The molecule has 0 radical (unpaired) electrons. The number of aliphatic hydroxyl groups is 4. The van der Waals surface area contributed by atoms with Crippen LogP contribution in [0.15, 0.2) is 18.2 Å². The second-order valence-electron chi connectivity index (χ2n) is 4.59. The molecule has 0 spiro atoms. The van der Waals surface area contributed by atoms with E-state index in [0.717, 1.165) is 0 Å². The fourth-order valence-electron chi connectivity index (χ4n) is 2.11. The molecule has 0 aliphatic carbocycles. The van der Waals surface area contributed by atoms with Crippen LogP contribution in [-0.4, -0.2) is 51.4 Å². The van der Waals surface area contributed by atoms with Crippen LogP contribution in [0.5, 0.6) is 0 Å². The fourth-order valence-corrected chi connectivity index (χ4v) is 2.84. The molecule has 1 saturated heterocycles. The molecule has 5 nitrogen and oxygen atoms in total. The Morgan fingerprint density at radius 3 is 2.35 bits per heavy atom. The van der Waals surface area contributed by atoms with Crippen molar-refractivity contribution < 1.29 is 25.2 Å². The summed E-state index contributed by atoms with van der Waals surface area (Å²) >= 11 is 16.0. The predicted octanol–water partition coefficient (Wildman–Crippen LogP) is 0.550. The van der Waals surface area contributed by atoms with Gasteiger partial charge in [-0.05, 0) is 17.7 Å². The molecule has 8 heteroatoms. The number of benzene rings is 1. The maximum atomic E-state index is 10.1. The van der Waals surface area contributed by atoms with Gasteiger partial charge >= 0.3 is 0 Å². The maximum absolute atomic E-state index is 10.1. The van der Waals surface area contributed by atoms with Crippen LogP contribution in [-0.2, 0) is 9.67 Å². The van der Waals surface area contributed by atoms with E-state index in [0.29, 0.717) is 10.6 Å². The molecule has 2 rings (SSSR count). The molecule has 1 fully saturated rings. The molecule has 4 N–H and O–H groups in total. The van der Waals surface area contributed by atoms with E-state index < -0.39 is 36.0 Å². The Morgan fingerprint density at radius 2 is 1.80 bits per heavy atom. The fraction of sp³-hybridized carbons (Fsp3) is 0.500. The predicted molar refractivity (Wildman–Crippen MR) is 77.1 cm³/mol. The van der Waals surface area contributed by atoms with Crippen molar-refractivity contribution in [2.24, 2.45) is 0 Å². The number of ether oxygens (including phenoxy) is 1. The minimum Gasteiger partial charge on any atom is -0.394 e. The van der Waals surface area contributed by atoms with E-state index in [4.69, 9.17) is 27.9 Å². The lowest BCUT2D eigenvalue weighted by atomic mass is 9.90. The zero-order chi connectivity index (χ0) is 15.1. The van der Waals surface area contributed by atoms with Crippen LogP contribution in [0.4, 0.5) is 0 Å². The maximum Gasteiger partial charge on any atom is 0.165 e. The van der Waals surface area contributed by atoms with Crippen LogP contribution in [0.2, 0.25) is 10.0 Å². The summed E-state index contributed by atoms with van der Waals surface area (Å²) < 4.78 is 5.45. The van der Waals surface area contributed by atoms with Crippen LogP contribution < -0.4 is 0 Å². The van der Waals surface area contributed by atoms with E-state index in [1.165, 1.54) is 18.2 Å². The molecule has 1 heterocycles. The summed E-state index contributed by atoms with van der Waals surface area (Å²) in [6.45, 7) is -0.533. The molecule has 0 unspecified atom stereocenters. The van der Waals surface area contributed by atoms with E-state index in [9.17, 15) is 20.4 Å². The Balaban J connectivity index is 2.43. The molecule has 1 aliphatic rings. The van der Waals surface area contributed by atoms with Crippen molar-refractivity contribution in [1.82, 2.24) is 0 Å². The first-order chi connectivity index (χ1) is 9.31. The van der Waals surface area contributed by atoms with Crippen molar-refractivity contribution >= 4 is 35.8 Å². The molecule has 112 valence electrons. The Labute approximate surface area is 131 Å². The number of rotatable bonds is 2. The van der Waals surface area contributed by atoms with Gasteiger partial charge in [0.15, 0.2) is 4.93 Å². The van der Waals surface area contributed by atoms with Crippen LogP contribution in [0, 0.1) is 0 Å².